The first kappa shape index (κ1) is 12.0. The van der Waals surface area contributed by atoms with Crippen LogP contribution in [0.1, 0.15) is 10.5 Å². The summed E-state index contributed by atoms with van der Waals surface area (Å²) in [4.78, 5) is 28.1. The third-order valence-corrected chi connectivity index (χ3v) is 2.81. The average Bonchev–Trinajstić information content (AvgIpc) is 2.49. The van der Waals surface area contributed by atoms with Crippen LogP contribution in [-0.2, 0) is 0 Å². The maximum absolute atomic E-state index is 12.2. The van der Waals surface area contributed by atoms with Crippen molar-refractivity contribution in [1.82, 2.24) is 15.2 Å². The van der Waals surface area contributed by atoms with Crippen LogP contribution in [0, 0.1) is 0 Å². The molecular formula is C14H10N4O2. The molecule has 0 spiro atoms. The summed E-state index contributed by atoms with van der Waals surface area (Å²) in [5, 5.41) is 9.54. The lowest BCUT2D eigenvalue weighted by Gasteiger charge is -2.04. The van der Waals surface area contributed by atoms with Gasteiger partial charge in [-0.25, -0.2) is 0 Å². The molecule has 0 aliphatic heterocycles. The van der Waals surface area contributed by atoms with E-state index in [1.165, 1.54) is 6.20 Å². The molecule has 6 nitrogen and oxygen atoms in total. The molecule has 0 saturated carbocycles. The van der Waals surface area contributed by atoms with Crippen molar-refractivity contribution in [2.24, 2.45) is 0 Å². The van der Waals surface area contributed by atoms with Gasteiger partial charge in [-0.15, -0.1) is 0 Å². The van der Waals surface area contributed by atoms with Crippen molar-refractivity contribution < 1.29 is 4.79 Å². The highest BCUT2D eigenvalue weighted by Gasteiger charge is 2.14. The second kappa shape index (κ2) is 4.93. The summed E-state index contributed by atoms with van der Waals surface area (Å²) < 4.78 is 0. The van der Waals surface area contributed by atoms with Gasteiger partial charge >= 0.3 is 0 Å². The molecule has 20 heavy (non-hydrogen) atoms. The van der Waals surface area contributed by atoms with Crippen molar-refractivity contribution in [2.75, 3.05) is 5.32 Å². The first-order valence-electron chi connectivity index (χ1n) is 5.94. The van der Waals surface area contributed by atoms with Crippen LogP contribution >= 0.6 is 0 Å². The summed E-state index contributed by atoms with van der Waals surface area (Å²) in [6, 6.07) is 10.3. The minimum absolute atomic E-state index is 0.174. The van der Waals surface area contributed by atoms with Crippen molar-refractivity contribution in [3.05, 3.63) is 64.7 Å². The highest BCUT2D eigenvalue weighted by Crippen LogP contribution is 2.07. The number of aromatic amines is 1. The molecule has 3 rings (SSSR count). The van der Waals surface area contributed by atoms with E-state index in [4.69, 9.17) is 0 Å². The normalized spacial score (nSPS) is 10.4. The Morgan fingerprint density at radius 3 is 2.80 bits per heavy atom. The number of H-pyrrole nitrogens is 1. The number of carbonyl (C=O) groups is 1. The molecule has 0 unspecified atom stereocenters. The summed E-state index contributed by atoms with van der Waals surface area (Å²) >= 11 is 0. The maximum atomic E-state index is 12.2. The molecule has 2 N–H and O–H groups in total. The predicted molar refractivity (Wildman–Crippen MR) is 74.6 cm³/mol. The van der Waals surface area contributed by atoms with E-state index in [2.05, 4.69) is 20.5 Å². The molecule has 0 radical (unpaired) electrons. The first-order valence-corrected chi connectivity index (χ1v) is 5.94. The molecule has 0 aliphatic carbocycles. The first-order chi connectivity index (χ1) is 9.75. The Bertz CT molecular complexity index is 827. The quantitative estimate of drug-likeness (QED) is 0.737. The van der Waals surface area contributed by atoms with E-state index in [1.807, 2.05) is 0 Å². The van der Waals surface area contributed by atoms with Gasteiger partial charge in [0.05, 0.1) is 17.4 Å². The number of para-hydroxylation sites is 1. The van der Waals surface area contributed by atoms with Crippen LogP contribution in [0.5, 0.6) is 0 Å². The van der Waals surface area contributed by atoms with Gasteiger partial charge in [-0.3, -0.25) is 19.7 Å². The molecule has 1 amide bonds. The van der Waals surface area contributed by atoms with Gasteiger partial charge in [0, 0.05) is 11.6 Å². The van der Waals surface area contributed by atoms with Crippen molar-refractivity contribution in [2.45, 2.75) is 0 Å². The van der Waals surface area contributed by atoms with Crippen molar-refractivity contribution in [3.8, 4) is 0 Å². The Hall–Kier alpha value is -3.02. The standard InChI is InChI=1S/C14H10N4O2/c19-13-10-5-1-2-6-11(10)17-18-12(13)14(20)16-9-4-3-7-15-8-9/h1-8H,(H,16,20)(H,17,19). The molecule has 0 aliphatic rings. The summed E-state index contributed by atoms with van der Waals surface area (Å²) in [5.74, 6) is -0.565. The monoisotopic (exact) mass is 266 g/mol. The van der Waals surface area contributed by atoms with Gasteiger partial charge in [-0.05, 0) is 24.3 Å². The molecule has 0 bridgehead atoms. The average molecular weight is 266 g/mol. The zero-order chi connectivity index (χ0) is 13.9. The summed E-state index contributed by atoms with van der Waals surface area (Å²) in [6.45, 7) is 0. The summed E-state index contributed by atoms with van der Waals surface area (Å²) in [6.07, 6.45) is 3.09. The smallest absolute Gasteiger partial charge is 0.280 e. The number of benzene rings is 1. The molecule has 0 atom stereocenters. The van der Waals surface area contributed by atoms with Gasteiger partial charge in [-0.2, -0.15) is 5.10 Å². The second-order valence-electron chi connectivity index (χ2n) is 4.14. The van der Waals surface area contributed by atoms with Crippen LogP contribution < -0.4 is 10.7 Å². The Morgan fingerprint density at radius 2 is 2.00 bits per heavy atom. The van der Waals surface area contributed by atoms with Crippen LogP contribution in [0.25, 0.3) is 10.9 Å². The summed E-state index contributed by atoms with van der Waals surface area (Å²) in [7, 11) is 0. The number of pyridine rings is 1. The fraction of sp³-hybridized carbons (Fsp3) is 0. The number of fused-ring (bicyclic) bond motifs is 1. The lowest BCUT2D eigenvalue weighted by Crippen LogP contribution is -2.24. The van der Waals surface area contributed by atoms with E-state index in [1.54, 1.807) is 42.6 Å². The number of amides is 1. The number of carbonyl (C=O) groups excluding carboxylic acids is 1. The number of hydrogen-bond donors (Lipinski definition) is 2. The van der Waals surface area contributed by atoms with E-state index in [0.717, 1.165) is 0 Å². The Kier molecular flexibility index (Phi) is 2.96. The number of aromatic nitrogens is 3. The zero-order valence-corrected chi connectivity index (χ0v) is 10.3. The lowest BCUT2D eigenvalue weighted by atomic mass is 10.2. The van der Waals surface area contributed by atoms with E-state index >= 15 is 0 Å². The van der Waals surface area contributed by atoms with Crippen molar-refractivity contribution in [1.29, 1.82) is 0 Å². The van der Waals surface area contributed by atoms with E-state index in [0.29, 0.717) is 16.6 Å². The van der Waals surface area contributed by atoms with Gasteiger partial charge in [0.15, 0.2) is 5.69 Å². The largest absolute Gasteiger partial charge is 0.319 e. The number of hydrogen-bond acceptors (Lipinski definition) is 4. The third kappa shape index (κ3) is 2.14. The Morgan fingerprint density at radius 1 is 1.15 bits per heavy atom. The van der Waals surface area contributed by atoms with Gasteiger partial charge < -0.3 is 5.32 Å². The van der Waals surface area contributed by atoms with Crippen molar-refractivity contribution in [3.63, 3.8) is 0 Å². The van der Waals surface area contributed by atoms with Crippen LogP contribution in [0.4, 0.5) is 5.69 Å². The molecule has 3 aromatic rings. The van der Waals surface area contributed by atoms with Gasteiger partial charge in [0.2, 0.25) is 5.43 Å². The second-order valence-corrected chi connectivity index (χ2v) is 4.14. The van der Waals surface area contributed by atoms with Crippen LogP contribution in [-0.4, -0.2) is 21.1 Å². The molecule has 1 aromatic carbocycles. The van der Waals surface area contributed by atoms with Crippen LogP contribution in [0.2, 0.25) is 0 Å². The fourth-order valence-electron chi connectivity index (χ4n) is 1.85. The molecule has 2 aromatic heterocycles. The molecular weight excluding hydrogens is 256 g/mol. The third-order valence-electron chi connectivity index (χ3n) is 2.81. The highest BCUT2D eigenvalue weighted by molar-refractivity contribution is 6.04. The van der Waals surface area contributed by atoms with Crippen LogP contribution in [0.15, 0.2) is 53.6 Å². The topological polar surface area (TPSA) is 87.7 Å². The zero-order valence-electron chi connectivity index (χ0n) is 10.3. The fourth-order valence-corrected chi connectivity index (χ4v) is 1.85. The molecule has 6 heteroatoms. The number of rotatable bonds is 2. The molecule has 0 saturated heterocycles. The summed E-state index contributed by atoms with van der Waals surface area (Å²) in [5.41, 5.74) is 0.524. The SMILES string of the molecule is O=C(Nc1cccnc1)c1n[nH]c2ccccc2c1=O. The van der Waals surface area contributed by atoms with Gasteiger partial charge in [0.25, 0.3) is 5.91 Å². The lowest BCUT2D eigenvalue weighted by molar-refractivity contribution is 0.102. The number of anilines is 1. The highest BCUT2D eigenvalue weighted by atomic mass is 16.2. The molecule has 2 heterocycles. The van der Waals surface area contributed by atoms with E-state index in [9.17, 15) is 9.59 Å². The van der Waals surface area contributed by atoms with Crippen LogP contribution in [0.3, 0.4) is 0 Å². The Balaban J connectivity index is 2.00. The Labute approximate surface area is 113 Å². The maximum Gasteiger partial charge on any atom is 0.280 e. The van der Waals surface area contributed by atoms with E-state index < -0.39 is 11.3 Å². The minimum Gasteiger partial charge on any atom is -0.319 e. The molecule has 98 valence electrons. The number of nitrogens with zero attached hydrogens (tertiary/aromatic N) is 2. The minimum atomic E-state index is -0.565. The van der Waals surface area contributed by atoms with Crippen molar-refractivity contribution >= 4 is 22.5 Å². The predicted octanol–water partition coefficient (Wildman–Crippen LogP) is 1.57. The van der Waals surface area contributed by atoms with Gasteiger partial charge in [0.1, 0.15) is 0 Å². The number of nitrogens with one attached hydrogen (secondary N) is 2. The van der Waals surface area contributed by atoms with Gasteiger partial charge in [-0.1, -0.05) is 12.1 Å². The van der Waals surface area contributed by atoms with E-state index in [-0.39, 0.29) is 5.69 Å². The molecule has 0 fully saturated rings.